The summed E-state index contributed by atoms with van der Waals surface area (Å²) in [5, 5.41) is 1.26. The first-order chi connectivity index (χ1) is 9.66. The van der Waals surface area contributed by atoms with Crippen molar-refractivity contribution in [1.29, 1.82) is 0 Å². The highest BCUT2D eigenvalue weighted by Gasteiger charge is 2.30. The maximum atomic E-state index is 12.4. The summed E-state index contributed by atoms with van der Waals surface area (Å²) in [5.41, 5.74) is -1.49. The molecule has 0 aliphatic carbocycles. The second-order valence-corrected chi connectivity index (χ2v) is 5.68. The molecule has 0 aliphatic rings. The minimum absolute atomic E-state index is 0.00159. The fourth-order valence-corrected chi connectivity index (χ4v) is 2.65. The first-order valence-electron chi connectivity index (χ1n) is 5.78. The SMILES string of the molecule is FC(F)(F)c1ccc(Pc2ccc(C(F)(F)F)cc2)cc1. The first kappa shape index (κ1) is 15.8. The molecule has 0 nitrogen and oxygen atoms in total. The van der Waals surface area contributed by atoms with Crippen LogP contribution in [0, 0.1) is 0 Å². The van der Waals surface area contributed by atoms with Gasteiger partial charge in [0, 0.05) is 0 Å². The molecule has 0 aromatic heterocycles. The fourth-order valence-electron chi connectivity index (χ4n) is 1.65. The third-order valence-electron chi connectivity index (χ3n) is 2.71. The molecular weight excluding hydrogens is 313 g/mol. The lowest BCUT2D eigenvalue weighted by atomic mass is 10.2. The lowest BCUT2D eigenvalue weighted by molar-refractivity contribution is -0.138. The van der Waals surface area contributed by atoms with Crippen LogP contribution < -0.4 is 10.6 Å². The molecular formula is C14H9F6P. The molecule has 2 aromatic rings. The average Bonchev–Trinajstić information content (AvgIpc) is 2.38. The molecule has 0 amide bonds. The van der Waals surface area contributed by atoms with Gasteiger partial charge in [-0.2, -0.15) is 26.3 Å². The van der Waals surface area contributed by atoms with Crippen LogP contribution in [0.3, 0.4) is 0 Å². The molecule has 21 heavy (non-hydrogen) atoms. The summed E-state index contributed by atoms with van der Waals surface area (Å²) in [6, 6.07) is 9.19. The lowest BCUT2D eigenvalue weighted by Crippen LogP contribution is -2.09. The minimum atomic E-state index is -4.39. The van der Waals surface area contributed by atoms with Gasteiger partial charge < -0.3 is 0 Å². The van der Waals surface area contributed by atoms with Gasteiger partial charge in [-0.15, -0.1) is 0 Å². The summed E-state index contributed by atoms with van der Waals surface area (Å²) >= 11 is 0. The number of hydrogen-bond donors (Lipinski definition) is 0. The molecule has 0 saturated carbocycles. The van der Waals surface area contributed by atoms with Crippen molar-refractivity contribution in [2.24, 2.45) is 0 Å². The monoisotopic (exact) mass is 322 g/mol. The number of hydrogen-bond acceptors (Lipinski definition) is 0. The van der Waals surface area contributed by atoms with Gasteiger partial charge in [-0.3, -0.25) is 0 Å². The van der Waals surface area contributed by atoms with Gasteiger partial charge in [0.1, 0.15) is 0 Å². The molecule has 0 aliphatic heterocycles. The van der Waals surface area contributed by atoms with Crippen molar-refractivity contribution in [1.82, 2.24) is 0 Å². The van der Waals surface area contributed by atoms with Crippen LogP contribution in [0.5, 0.6) is 0 Å². The predicted octanol–water partition coefficient (Wildman–Crippen LogP) is 4.35. The van der Waals surface area contributed by atoms with E-state index in [4.69, 9.17) is 0 Å². The summed E-state index contributed by atoms with van der Waals surface area (Å²) < 4.78 is 74.4. The highest BCUT2D eigenvalue weighted by Crippen LogP contribution is 2.30. The van der Waals surface area contributed by atoms with E-state index in [9.17, 15) is 26.3 Å². The van der Waals surface area contributed by atoms with Crippen LogP contribution in [0.4, 0.5) is 26.3 Å². The van der Waals surface area contributed by atoms with Gasteiger partial charge >= 0.3 is 12.4 Å². The van der Waals surface area contributed by atoms with Crippen molar-refractivity contribution in [3.63, 3.8) is 0 Å². The zero-order chi connectivity index (χ0) is 15.7. The molecule has 0 heterocycles. The Morgan fingerprint density at radius 2 is 0.810 bits per heavy atom. The van der Waals surface area contributed by atoms with E-state index < -0.39 is 23.5 Å². The number of benzene rings is 2. The van der Waals surface area contributed by atoms with E-state index in [1.807, 2.05) is 0 Å². The Bertz CT molecular complexity index is 540. The smallest absolute Gasteiger partial charge is 0.166 e. The maximum Gasteiger partial charge on any atom is 0.416 e. The summed E-state index contributed by atoms with van der Waals surface area (Å²) in [6.45, 7) is 0. The Morgan fingerprint density at radius 1 is 0.524 bits per heavy atom. The first-order valence-corrected chi connectivity index (χ1v) is 6.78. The third kappa shape index (κ3) is 4.21. The van der Waals surface area contributed by atoms with Crippen molar-refractivity contribution in [3.8, 4) is 0 Å². The van der Waals surface area contributed by atoms with Gasteiger partial charge in [0.05, 0.1) is 11.1 Å². The van der Waals surface area contributed by atoms with Crippen LogP contribution in [0.2, 0.25) is 0 Å². The molecule has 0 spiro atoms. The van der Waals surface area contributed by atoms with Gasteiger partial charge in [-0.05, 0) is 34.9 Å². The Balaban J connectivity index is 2.12. The Hall–Kier alpha value is -1.55. The number of alkyl halides is 6. The molecule has 0 bridgehead atoms. The van der Waals surface area contributed by atoms with Gasteiger partial charge in [0.25, 0.3) is 0 Å². The van der Waals surface area contributed by atoms with Gasteiger partial charge in [-0.1, -0.05) is 32.8 Å². The van der Waals surface area contributed by atoms with Crippen molar-refractivity contribution in [3.05, 3.63) is 59.7 Å². The van der Waals surface area contributed by atoms with Crippen molar-refractivity contribution < 1.29 is 26.3 Å². The molecule has 112 valence electrons. The van der Waals surface area contributed by atoms with E-state index in [1.54, 1.807) is 0 Å². The van der Waals surface area contributed by atoms with Crippen LogP contribution in [-0.4, -0.2) is 0 Å². The third-order valence-corrected chi connectivity index (χ3v) is 3.96. The van der Waals surface area contributed by atoms with Gasteiger partial charge in [0.2, 0.25) is 0 Å². The van der Waals surface area contributed by atoms with E-state index in [0.717, 1.165) is 24.3 Å². The highest BCUT2D eigenvalue weighted by atomic mass is 31.1. The number of rotatable bonds is 2. The van der Waals surface area contributed by atoms with Crippen molar-refractivity contribution in [2.75, 3.05) is 0 Å². The Labute approximate surface area is 118 Å². The molecule has 2 rings (SSSR count). The van der Waals surface area contributed by atoms with E-state index >= 15 is 0 Å². The number of halogens is 6. The normalized spacial score (nSPS) is 12.5. The van der Waals surface area contributed by atoms with Gasteiger partial charge in [0.15, 0.2) is 0 Å². The standard InChI is InChI=1S/C14H9F6P/c15-13(16,17)9-1-5-11(6-2-9)21-12-7-3-10(4-8-12)14(18,19)20/h1-8,21H. The summed E-state index contributed by atoms with van der Waals surface area (Å²) in [6.07, 6.45) is -8.79. The van der Waals surface area contributed by atoms with E-state index in [2.05, 4.69) is 0 Å². The largest absolute Gasteiger partial charge is 0.416 e. The second kappa shape index (κ2) is 5.68. The quantitative estimate of drug-likeness (QED) is 0.569. The molecule has 7 heteroatoms. The second-order valence-electron chi connectivity index (χ2n) is 4.28. The minimum Gasteiger partial charge on any atom is -0.166 e. The van der Waals surface area contributed by atoms with Crippen LogP contribution in [0.1, 0.15) is 11.1 Å². The van der Waals surface area contributed by atoms with Crippen LogP contribution in [-0.2, 0) is 12.4 Å². The van der Waals surface area contributed by atoms with Crippen LogP contribution in [0.25, 0.3) is 0 Å². The van der Waals surface area contributed by atoms with E-state index in [0.29, 0.717) is 10.6 Å². The zero-order valence-electron chi connectivity index (χ0n) is 10.4. The van der Waals surface area contributed by atoms with Crippen LogP contribution >= 0.6 is 8.58 Å². The zero-order valence-corrected chi connectivity index (χ0v) is 11.4. The van der Waals surface area contributed by atoms with Crippen molar-refractivity contribution in [2.45, 2.75) is 12.4 Å². The molecule has 0 saturated heterocycles. The molecule has 2 aromatic carbocycles. The molecule has 0 N–H and O–H groups in total. The van der Waals surface area contributed by atoms with Crippen molar-refractivity contribution >= 4 is 19.2 Å². The van der Waals surface area contributed by atoms with E-state index in [1.165, 1.54) is 24.3 Å². The lowest BCUT2D eigenvalue weighted by Gasteiger charge is -2.09. The Morgan fingerprint density at radius 3 is 1.05 bits per heavy atom. The predicted molar refractivity (Wildman–Crippen MR) is 70.5 cm³/mol. The topological polar surface area (TPSA) is 0 Å². The molecule has 0 unspecified atom stereocenters. The van der Waals surface area contributed by atoms with Gasteiger partial charge in [-0.25, -0.2) is 0 Å². The summed E-state index contributed by atoms with van der Waals surface area (Å²) in [5.74, 6) is 0. The molecule has 0 fully saturated rings. The fraction of sp³-hybridized carbons (Fsp3) is 0.143. The summed E-state index contributed by atoms with van der Waals surface area (Å²) in [7, 11) is 0.00159. The Kier molecular flexibility index (Phi) is 4.28. The van der Waals surface area contributed by atoms with Crippen LogP contribution in [0.15, 0.2) is 48.5 Å². The average molecular weight is 322 g/mol. The molecule has 0 atom stereocenters. The maximum absolute atomic E-state index is 12.4. The summed E-state index contributed by atoms with van der Waals surface area (Å²) in [4.78, 5) is 0. The highest BCUT2D eigenvalue weighted by molar-refractivity contribution is 7.55. The van der Waals surface area contributed by atoms with E-state index in [-0.39, 0.29) is 8.58 Å². The molecule has 0 radical (unpaired) electrons.